The Morgan fingerprint density at radius 1 is 1.08 bits per heavy atom. The number of benzene rings is 1. The average Bonchev–Trinajstić information content (AvgIpc) is 3.07. The van der Waals surface area contributed by atoms with E-state index >= 15 is 0 Å². The van der Waals surface area contributed by atoms with Crippen molar-refractivity contribution in [1.29, 1.82) is 0 Å². The van der Waals surface area contributed by atoms with Crippen LogP contribution in [0.25, 0.3) is 0 Å². The minimum Gasteiger partial charge on any atom is -0.454 e. The summed E-state index contributed by atoms with van der Waals surface area (Å²) in [5, 5.41) is 3.80. The molecular weight excluding hydrogens is 312 g/mol. The van der Waals surface area contributed by atoms with Crippen molar-refractivity contribution in [1.82, 2.24) is 10.2 Å². The van der Waals surface area contributed by atoms with Gasteiger partial charge in [-0.1, -0.05) is 26.3 Å². The molecule has 2 aliphatic rings. The topological polar surface area (TPSA) is 33.7 Å². The minimum atomic E-state index is 0.354. The highest BCUT2D eigenvalue weighted by Crippen LogP contribution is 2.37. The lowest BCUT2D eigenvalue weighted by Crippen LogP contribution is -2.41. The number of hydrogen-bond acceptors (Lipinski definition) is 4. The molecule has 0 aromatic heterocycles. The number of hydrogen-bond donors (Lipinski definition) is 1. The summed E-state index contributed by atoms with van der Waals surface area (Å²) in [5.41, 5.74) is 1.40. The second-order valence-corrected chi connectivity index (χ2v) is 8.10. The molecule has 0 radical (unpaired) electrons. The molecule has 1 fully saturated rings. The van der Waals surface area contributed by atoms with Crippen LogP contribution in [0.1, 0.15) is 57.4 Å². The fourth-order valence-corrected chi connectivity index (χ4v) is 3.85. The van der Waals surface area contributed by atoms with E-state index < -0.39 is 0 Å². The number of likely N-dealkylation sites (tertiary alicyclic amines) is 1. The maximum absolute atomic E-state index is 5.58. The molecule has 0 saturated carbocycles. The number of rotatable bonds is 8. The van der Waals surface area contributed by atoms with Crippen molar-refractivity contribution in [3.05, 3.63) is 23.8 Å². The van der Waals surface area contributed by atoms with Crippen LogP contribution in [0.3, 0.4) is 0 Å². The fraction of sp³-hybridized carbons (Fsp3) is 0.714. The normalized spacial score (nSPS) is 19.5. The third-order valence-electron chi connectivity index (χ3n) is 5.60. The summed E-state index contributed by atoms with van der Waals surface area (Å²) < 4.78 is 11.0. The second kappa shape index (κ2) is 8.91. The van der Waals surface area contributed by atoms with Gasteiger partial charge < -0.3 is 19.7 Å². The molecular formula is C21H34N2O2. The molecule has 140 valence electrons. The lowest BCUT2D eigenvalue weighted by molar-refractivity contribution is 0.174. The summed E-state index contributed by atoms with van der Waals surface area (Å²) in [4.78, 5) is 2.43. The predicted octanol–water partition coefficient (Wildman–Crippen LogP) is 4.01. The predicted molar refractivity (Wildman–Crippen MR) is 103 cm³/mol. The molecule has 0 unspecified atom stereocenters. The zero-order valence-electron chi connectivity index (χ0n) is 16.1. The highest BCUT2D eigenvalue weighted by Gasteiger charge is 2.20. The summed E-state index contributed by atoms with van der Waals surface area (Å²) in [5.74, 6) is 3.14. The van der Waals surface area contributed by atoms with Crippen LogP contribution in [0, 0.1) is 5.92 Å². The van der Waals surface area contributed by atoms with Crippen LogP contribution in [0.4, 0.5) is 0 Å². The van der Waals surface area contributed by atoms with Gasteiger partial charge in [-0.3, -0.25) is 0 Å². The first-order valence-electron chi connectivity index (χ1n) is 9.93. The number of ether oxygens (including phenoxy) is 2. The van der Waals surface area contributed by atoms with Crippen LogP contribution in [0.15, 0.2) is 18.2 Å². The van der Waals surface area contributed by atoms with Gasteiger partial charge in [0.15, 0.2) is 11.5 Å². The monoisotopic (exact) mass is 346 g/mol. The Morgan fingerprint density at radius 3 is 2.60 bits per heavy atom. The number of nitrogens with one attached hydrogen (secondary N) is 1. The zero-order chi connectivity index (χ0) is 17.6. The van der Waals surface area contributed by atoms with E-state index in [9.17, 15) is 0 Å². The Hall–Kier alpha value is -1.26. The first-order chi connectivity index (χ1) is 12.1. The molecule has 1 saturated heterocycles. The van der Waals surface area contributed by atoms with Crippen LogP contribution >= 0.6 is 0 Å². The van der Waals surface area contributed by atoms with Gasteiger partial charge in [0.1, 0.15) is 0 Å². The molecule has 0 amide bonds. The van der Waals surface area contributed by atoms with Gasteiger partial charge in [-0.05, 0) is 81.9 Å². The molecule has 0 aliphatic carbocycles. The van der Waals surface area contributed by atoms with Crippen molar-refractivity contribution >= 4 is 0 Å². The van der Waals surface area contributed by atoms with Crippen molar-refractivity contribution in [3.63, 3.8) is 0 Å². The van der Waals surface area contributed by atoms with Crippen LogP contribution < -0.4 is 14.8 Å². The molecule has 1 atom stereocenters. The van der Waals surface area contributed by atoms with Gasteiger partial charge in [0.2, 0.25) is 6.79 Å². The summed E-state index contributed by atoms with van der Waals surface area (Å²) in [6, 6.07) is 7.19. The fourth-order valence-electron chi connectivity index (χ4n) is 3.85. The van der Waals surface area contributed by atoms with Gasteiger partial charge in [-0.15, -0.1) is 0 Å². The number of nitrogens with zero attached hydrogens (tertiary/aromatic N) is 1. The Kier molecular flexibility index (Phi) is 6.60. The maximum Gasteiger partial charge on any atom is 0.231 e. The average molecular weight is 347 g/mol. The first-order valence-corrected chi connectivity index (χ1v) is 9.93. The van der Waals surface area contributed by atoms with Gasteiger partial charge in [-0.2, -0.15) is 0 Å². The lowest BCUT2D eigenvalue weighted by atomic mass is 9.88. The zero-order valence-corrected chi connectivity index (χ0v) is 16.1. The molecule has 0 bridgehead atoms. The van der Waals surface area contributed by atoms with E-state index in [1.165, 1.54) is 50.8 Å². The van der Waals surface area contributed by atoms with Crippen LogP contribution in [-0.2, 0) is 0 Å². The van der Waals surface area contributed by atoms with Gasteiger partial charge in [0.25, 0.3) is 0 Å². The van der Waals surface area contributed by atoms with E-state index in [0.29, 0.717) is 18.8 Å². The molecule has 3 rings (SSSR count). The van der Waals surface area contributed by atoms with Crippen LogP contribution in [0.2, 0.25) is 0 Å². The Balaban J connectivity index is 1.55. The van der Waals surface area contributed by atoms with E-state index in [1.807, 2.05) is 0 Å². The molecule has 2 heterocycles. The molecule has 1 aromatic rings. The van der Waals surface area contributed by atoms with E-state index in [2.05, 4.69) is 49.3 Å². The smallest absolute Gasteiger partial charge is 0.231 e. The largest absolute Gasteiger partial charge is 0.454 e. The van der Waals surface area contributed by atoms with Crippen molar-refractivity contribution in [2.75, 3.05) is 33.5 Å². The lowest BCUT2D eigenvalue weighted by Gasteiger charge is -2.30. The first kappa shape index (κ1) is 18.5. The molecule has 0 spiro atoms. The molecule has 4 heteroatoms. The molecule has 4 nitrogen and oxygen atoms in total. The van der Waals surface area contributed by atoms with E-state index in [-0.39, 0.29) is 0 Å². The van der Waals surface area contributed by atoms with Gasteiger partial charge >= 0.3 is 0 Å². The summed E-state index contributed by atoms with van der Waals surface area (Å²) in [7, 11) is 2.22. The van der Waals surface area contributed by atoms with E-state index in [1.54, 1.807) is 0 Å². The maximum atomic E-state index is 5.58. The molecule has 25 heavy (non-hydrogen) atoms. The Morgan fingerprint density at radius 2 is 1.84 bits per heavy atom. The molecule has 2 aliphatic heterocycles. The summed E-state index contributed by atoms with van der Waals surface area (Å²) >= 11 is 0. The van der Waals surface area contributed by atoms with Crippen LogP contribution in [-0.4, -0.2) is 44.4 Å². The number of piperidine rings is 1. The summed E-state index contributed by atoms with van der Waals surface area (Å²) in [6.07, 6.45) is 6.26. The summed E-state index contributed by atoms with van der Waals surface area (Å²) in [6.45, 7) is 8.52. The van der Waals surface area contributed by atoms with Crippen LogP contribution in [0.5, 0.6) is 11.5 Å². The Labute approximate surface area is 152 Å². The molecule has 1 aromatic carbocycles. The SMILES string of the molecule is CC(C)CC[C@@H](CCNC1CCN(C)CC1)c1ccc2c(c1)OCO2. The third kappa shape index (κ3) is 5.35. The standard InChI is InChI=1S/C21H34N2O2/c1-16(2)4-5-17(8-11-22-19-9-12-23(3)13-10-19)18-6-7-20-21(14-18)25-15-24-20/h6-7,14,16-17,19,22H,4-5,8-13,15H2,1-3H3/t17-/m0/s1. The van der Waals surface area contributed by atoms with E-state index in [0.717, 1.165) is 24.0 Å². The van der Waals surface area contributed by atoms with Crippen molar-refractivity contribution in [2.24, 2.45) is 5.92 Å². The van der Waals surface area contributed by atoms with E-state index in [4.69, 9.17) is 9.47 Å². The van der Waals surface area contributed by atoms with Gasteiger partial charge in [0.05, 0.1) is 0 Å². The Bertz CT molecular complexity index is 539. The van der Waals surface area contributed by atoms with Crippen molar-refractivity contribution in [2.45, 2.75) is 57.9 Å². The van der Waals surface area contributed by atoms with Crippen molar-refractivity contribution < 1.29 is 9.47 Å². The highest BCUT2D eigenvalue weighted by atomic mass is 16.7. The quantitative estimate of drug-likeness (QED) is 0.771. The molecule has 1 N–H and O–H groups in total. The minimum absolute atomic E-state index is 0.354. The van der Waals surface area contributed by atoms with Crippen molar-refractivity contribution in [3.8, 4) is 11.5 Å². The highest BCUT2D eigenvalue weighted by molar-refractivity contribution is 5.45. The second-order valence-electron chi connectivity index (χ2n) is 8.10. The van der Waals surface area contributed by atoms with Gasteiger partial charge in [0, 0.05) is 6.04 Å². The van der Waals surface area contributed by atoms with Gasteiger partial charge in [-0.25, -0.2) is 0 Å². The third-order valence-corrected chi connectivity index (χ3v) is 5.60. The number of fused-ring (bicyclic) bond motifs is 1.